The predicted molar refractivity (Wildman–Crippen MR) is 58.8 cm³/mol. The van der Waals surface area contributed by atoms with E-state index in [-0.39, 0.29) is 5.69 Å². The van der Waals surface area contributed by atoms with Gasteiger partial charge in [-0.05, 0) is 6.92 Å². The van der Waals surface area contributed by atoms with Gasteiger partial charge in [-0.15, -0.1) is 11.6 Å². The SMILES string of the molecule is CC(Cl)C(=O)NC(=O)Nc1cc(F)c(F)c(F)c1. The van der Waals surface area contributed by atoms with Crippen LogP contribution in [0.5, 0.6) is 0 Å². The van der Waals surface area contributed by atoms with Crippen LogP contribution in [0.3, 0.4) is 0 Å². The maximum atomic E-state index is 12.8. The van der Waals surface area contributed by atoms with Crippen molar-refractivity contribution in [3.05, 3.63) is 29.6 Å². The first-order valence-electron chi connectivity index (χ1n) is 4.71. The van der Waals surface area contributed by atoms with E-state index in [9.17, 15) is 22.8 Å². The number of benzene rings is 1. The average Bonchev–Trinajstić information content (AvgIpc) is 2.25. The fourth-order valence-electron chi connectivity index (χ4n) is 1.00. The van der Waals surface area contributed by atoms with Gasteiger partial charge >= 0.3 is 6.03 Å². The summed E-state index contributed by atoms with van der Waals surface area (Å²) in [5, 5.41) is 2.84. The molecule has 98 valence electrons. The number of alkyl halides is 1. The van der Waals surface area contributed by atoms with Gasteiger partial charge in [0.1, 0.15) is 5.38 Å². The third-order valence-electron chi connectivity index (χ3n) is 1.84. The van der Waals surface area contributed by atoms with Gasteiger partial charge in [-0.25, -0.2) is 18.0 Å². The minimum absolute atomic E-state index is 0.334. The average molecular weight is 281 g/mol. The van der Waals surface area contributed by atoms with E-state index in [2.05, 4.69) is 0 Å². The lowest BCUT2D eigenvalue weighted by Crippen LogP contribution is -2.38. The van der Waals surface area contributed by atoms with E-state index >= 15 is 0 Å². The lowest BCUT2D eigenvalue weighted by Gasteiger charge is -2.08. The minimum Gasteiger partial charge on any atom is -0.307 e. The molecule has 1 atom stereocenters. The number of rotatable bonds is 2. The Kier molecular flexibility index (Phi) is 4.55. The predicted octanol–water partition coefficient (Wildman–Crippen LogP) is 2.38. The molecule has 1 rings (SSSR count). The van der Waals surface area contributed by atoms with Crippen LogP contribution in [0.15, 0.2) is 12.1 Å². The van der Waals surface area contributed by atoms with Crippen molar-refractivity contribution in [2.24, 2.45) is 0 Å². The van der Waals surface area contributed by atoms with Crippen molar-refractivity contribution in [2.45, 2.75) is 12.3 Å². The van der Waals surface area contributed by atoms with Crippen molar-refractivity contribution in [1.29, 1.82) is 0 Å². The molecule has 1 aromatic carbocycles. The second-order valence-electron chi connectivity index (χ2n) is 3.31. The number of imide groups is 1. The van der Waals surface area contributed by atoms with Crippen LogP contribution in [0.25, 0.3) is 0 Å². The summed E-state index contributed by atoms with van der Waals surface area (Å²) in [6, 6.07) is 0.122. The summed E-state index contributed by atoms with van der Waals surface area (Å²) in [5.74, 6) is -5.34. The first-order chi connectivity index (χ1) is 8.31. The second kappa shape index (κ2) is 5.72. The van der Waals surface area contributed by atoms with E-state index in [1.807, 2.05) is 10.6 Å². The smallest absolute Gasteiger partial charge is 0.307 e. The van der Waals surface area contributed by atoms with Crippen molar-refractivity contribution < 1.29 is 22.8 Å². The first kappa shape index (κ1) is 14.3. The topological polar surface area (TPSA) is 58.2 Å². The number of urea groups is 1. The third kappa shape index (κ3) is 3.63. The molecule has 1 unspecified atom stereocenters. The molecule has 0 saturated carbocycles. The molecule has 8 heteroatoms. The molecule has 0 heterocycles. The van der Waals surface area contributed by atoms with Gasteiger partial charge in [-0.2, -0.15) is 0 Å². The maximum Gasteiger partial charge on any atom is 0.325 e. The van der Waals surface area contributed by atoms with E-state index in [0.717, 1.165) is 0 Å². The van der Waals surface area contributed by atoms with E-state index in [4.69, 9.17) is 11.6 Å². The van der Waals surface area contributed by atoms with Crippen molar-refractivity contribution in [2.75, 3.05) is 5.32 Å². The number of hydrogen-bond acceptors (Lipinski definition) is 2. The van der Waals surface area contributed by atoms with Crippen LogP contribution in [-0.4, -0.2) is 17.3 Å². The zero-order valence-electron chi connectivity index (χ0n) is 9.06. The minimum atomic E-state index is -1.65. The van der Waals surface area contributed by atoms with Gasteiger partial charge in [-0.1, -0.05) is 0 Å². The van der Waals surface area contributed by atoms with Gasteiger partial charge in [0, 0.05) is 17.8 Å². The Balaban J connectivity index is 2.74. The highest BCUT2D eigenvalue weighted by molar-refractivity contribution is 6.31. The number of hydrogen-bond donors (Lipinski definition) is 2. The Hall–Kier alpha value is -1.76. The molecule has 0 spiro atoms. The monoisotopic (exact) mass is 280 g/mol. The summed E-state index contributed by atoms with van der Waals surface area (Å²) < 4.78 is 38.2. The highest BCUT2D eigenvalue weighted by Gasteiger charge is 2.15. The van der Waals surface area contributed by atoms with E-state index in [1.165, 1.54) is 6.92 Å². The standard InChI is InChI=1S/C10H8ClF3N2O2/c1-4(11)9(17)16-10(18)15-5-2-6(12)8(14)7(13)3-5/h2-4H,1H3,(H2,15,16,17,18). The lowest BCUT2D eigenvalue weighted by atomic mass is 10.3. The lowest BCUT2D eigenvalue weighted by molar-refractivity contribution is -0.119. The van der Waals surface area contributed by atoms with Crippen LogP contribution in [0.1, 0.15) is 6.92 Å². The van der Waals surface area contributed by atoms with Crippen molar-refractivity contribution in [1.82, 2.24) is 5.32 Å². The highest BCUT2D eigenvalue weighted by Crippen LogP contribution is 2.17. The molecule has 0 saturated heterocycles. The van der Waals surface area contributed by atoms with Gasteiger partial charge in [-0.3, -0.25) is 10.1 Å². The Morgan fingerprint density at radius 2 is 1.72 bits per heavy atom. The number of halogens is 4. The Morgan fingerprint density at radius 1 is 1.22 bits per heavy atom. The van der Waals surface area contributed by atoms with E-state index in [0.29, 0.717) is 12.1 Å². The second-order valence-corrected chi connectivity index (χ2v) is 3.97. The van der Waals surface area contributed by atoms with Gasteiger partial charge in [0.05, 0.1) is 0 Å². The highest BCUT2D eigenvalue weighted by atomic mass is 35.5. The van der Waals surface area contributed by atoms with Crippen LogP contribution in [0, 0.1) is 17.5 Å². The number of amides is 3. The van der Waals surface area contributed by atoms with Crippen molar-refractivity contribution >= 4 is 29.2 Å². The summed E-state index contributed by atoms with van der Waals surface area (Å²) in [6.45, 7) is 1.33. The molecule has 2 N–H and O–H groups in total. The maximum absolute atomic E-state index is 12.8. The molecule has 18 heavy (non-hydrogen) atoms. The molecular formula is C10H8ClF3N2O2. The number of anilines is 1. The fourth-order valence-corrected chi connectivity index (χ4v) is 1.06. The summed E-state index contributed by atoms with van der Waals surface area (Å²) in [6.07, 6.45) is 0. The Morgan fingerprint density at radius 3 is 2.17 bits per heavy atom. The quantitative estimate of drug-likeness (QED) is 0.645. The number of nitrogens with one attached hydrogen (secondary N) is 2. The summed E-state index contributed by atoms with van der Waals surface area (Å²) >= 11 is 5.38. The molecule has 0 fully saturated rings. The number of carbonyl (C=O) groups is 2. The van der Waals surface area contributed by atoms with E-state index in [1.54, 1.807) is 0 Å². The van der Waals surface area contributed by atoms with Crippen LogP contribution in [0.2, 0.25) is 0 Å². The molecule has 1 aromatic rings. The third-order valence-corrected chi connectivity index (χ3v) is 2.04. The normalized spacial score (nSPS) is 11.8. The van der Waals surface area contributed by atoms with Gasteiger partial charge in [0.2, 0.25) is 5.91 Å². The molecule has 0 aromatic heterocycles. The zero-order chi connectivity index (χ0) is 13.9. The molecule has 0 radical (unpaired) electrons. The fraction of sp³-hybridized carbons (Fsp3) is 0.200. The van der Waals surface area contributed by atoms with Crippen molar-refractivity contribution in [3.63, 3.8) is 0 Å². The molecule has 4 nitrogen and oxygen atoms in total. The van der Waals surface area contributed by atoms with Crippen LogP contribution < -0.4 is 10.6 Å². The van der Waals surface area contributed by atoms with Gasteiger partial charge in [0.15, 0.2) is 17.5 Å². The zero-order valence-corrected chi connectivity index (χ0v) is 9.82. The van der Waals surface area contributed by atoms with Crippen LogP contribution >= 0.6 is 11.6 Å². The Bertz CT molecular complexity index is 471. The first-order valence-corrected chi connectivity index (χ1v) is 5.15. The van der Waals surface area contributed by atoms with Crippen LogP contribution in [0.4, 0.5) is 23.7 Å². The molecule has 0 aliphatic carbocycles. The van der Waals surface area contributed by atoms with Gasteiger partial charge < -0.3 is 5.32 Å². The summed E-state index contributed by atoms with van der Waals surface area (Å²) in [4.78, 5) is 22.2. The van der Waals surface area contributed by atoms with Gasteiger partial charge in [0.25, 0.3) is 0 Å². The molecular weight excluding hydrogens is 273 g/mol. The van der Waals surface area contributed by atoms with Crippen molar-refractivity contribution in [3.8, 4) is 0 Å². The molecule has 0 bridgehead atoms. The Labute approximate surface area is 105 Å². The number of carbonyl (C=O) groups excluding carboxylic acids is 2. The largest absolute Gasteiger partial charge is 0.325 e. The van der Waals surface area contributed by atoms with Crippen LogP contribution in [-0.2, 0) is 4.79 Å². The molecule has 3 amide bonds. The summed E-state index contributed by atoms with van der Waals surface area (Å²) in [5.41, 5.74) is -0.334. The van der Waals surface area contributed by atoms with E-state index < -0.39 is 34.8 Å². The molecule has 0 aliphatic rings. The molecule has 0 aliphatic heterocycles. The summed E-state index contributed by atoms with van der Waals surface area (Å²) in [7, 11) is 0.